The molecule has 0 radical (unpaired) electrons. The van der Waals surface area contributed by atoms with Crippen LogP contribution in [0.5, 0.6) is 0 Å². The summed E-state index contributed by atoms with van der Waals surface area (Å²) in [6, 6.07) is 0. The van der Waals surface area contributed by atoms with Gasteiger partial charge in [-0.15, -0.1) is 0 Å². The van der Waals surface area contributed by atoms with E-state index in [-0.39, 0.29) is 5.92 Å². The van der Waals surface area contributed by atoms with E-state index in [4.69, 9.17) is 0 Å². The van der Waals surface area contributed by atoms with E-state index < -0.39 is 0 Å². The van der Waals surface area contributed by atoms with Gasteiger partial charge in [0.1, 0.15) is 0 Å². The molecule has 0 bridgehead atoms. The topological polar surface area (TPSA) is 26.8 Å². The molecule has 0 aromatic carbocycles. The maximum Gasteiger partial charge on any atom is 0.239 e. The Labute approximate surface area is 339 Å². The van der Waals surface area contributed by atoms with Gasteiger partial charge in [0.05, 0.1) is 0 Å². The number of nitrogens with zero attached hydrogens (tertiary/aromatic N) is 3. The quantitative estimate of drug-likeness (QED) is 0.0353. The van der Waals surface area contributed by atoms with Crippen LogP contribution >= 0.6 is 0 Å². The van der Waals surface area contributed by atoms with Crippen LogP contribution in [0.3, 0.4) is 0 Å². The molecule has 0 fully saturated rings. The summed E-state index contributed by atoms with van der Waals surface area (Å²) in [5.74, 6) is 0.567. The second kappa shape index (κ2) is 42.5. The van der Waals surface area contributed by atoms with Gasteiger partial charge in [-0.05, 0) is 117 Å². The number of rotatable bonds is 41. The number of carbonyl (C=O) groups is 1. The normalized spacial score (nSPS) is 13.0. The van der Waals surface area contributed by atoms with E-state index in [0.717, 1.165) is 64.7 Å². The van der Waals surface area contributed by atoms with Crippen LogP contribution in [0, 0.1) is 5.92 Å². The molecule has 4 nitrogen and oxygen atoms in total. The van der Waals surface area contributed by atoms with Crippen LogP contribution in [0.2, 0.25) is 0 Å². The lowest BCUT2D eigenvalue weighted by molar-refractivity contribution is -0.155. The van der Waals surface area contributed by atoms with Crippen LogP contribution in [0.1, 0.15) is 220 Å². The van der Waals surface area contributed by atoms with Crippen molar-refractivity contribution in [3.05, 3.63) is 48.6 Å². The van der Waals surface area contributed by atoms with Gasteiger partial charge in [-0.1, -0.05) is 173 Å². The van der Waals surface area contributed by atoms with Crippen molar-refractivity contribution < 1.29 is 4.79 Å². The first-order chi connectivity index (χ1) is 26.5. The maximum atomic E-state index is 14.2. The zero-order valence-corrected chi connectivity index (χ0v) is 37.5. The molecule has 1 unspecified atom stereocenters. The van der Waals surface area contributed by atoms with E-state index >= 15 is 0 Å². The molecular weight excluding hydrogens is 659 g/mol. The van der Waals surface area contributed by atoms with Gasteiger partial charge in [0.2, 0.25) is 5.91 Å². The van der Waals surface area contributed by atoms with Gasteiger partial charge < -0.3 is 4.90 Å². The largest absolute Gasteiger partial charge is 0.309 e. The van der Waals surface area contributed by atoms with Crippen molar-refractivity contribution in [1.29, 1.82) is 0 Å². The fourth-order valence-electron chi connectivity index (χ4n) is 7.16. The molecule has 0 saturated carbocycles. The standard InChI is InChI=1S/C50H95N3O/c1-7-11-14-16-18-20-22-24-26-28-30-32-34-36-38-41-47-52(46-40-37-35-33-31-29-27-25-23-21-19-17-15-12-8-2)53(48-43-42-45-51(5)6)50(54)49(10-4)44-39-13-9-3/h17-20,23-26,49H,7-16,21-22,27-48H2,1-6H3/b19-17-,20-18-,25-23-,26-24-. The SMILES string of the molecule is CCCC/C=C\C/C=C\CCCCCCCCN(CCCCCCCC/C=C\C/C=C\CCCCC)N(CCCCN(C)C)C(=O)C(CC)CCCCC. The highest BCUT2D eigenvalue weighted by atomic mass is 16.2. The lowest BCUT2D eigenvalue weighted by Gasteiger charge is -2.37. The monoisotopic (exact) mass is 754 g/mol. The molecule has 0 rings (SSSR count). The molecule has 316 valence electrons. The van der Waals surface area contributed by atoms with Gasteiger partial charge in [-0.2, -0.15) is 0 Å². The summed E-state index contributed by atoms with van der Waals surface area (Å²) < 4.78 is 0. The van der Waals surface area contributed by atoms with Gasteiger partial charge in [0.25, 0.3) is 0 Å². The molecular formula is C50H95N3O. The summed E-state index contributed by atoms with van der Waals surface area (Å²) >= 11 is 0. The lowest BCUT2D eigenvalue weighted by Crippen LogP contribution is -2.50. The summed E-state index contributed by atoms with van der Waals surface area (Å²) in [4.78, 5) is 16.5. The Balaban J connectivity index is 4.94. The number of allylic oxidation sites excluding steroid dienone is 8. The van der Waals surface area contributed by atoms with Gasteiger partial charge in [-0.25, -0.2) is 5.01 Å². The molecule has 4 heteroatoms. The summed E-state index contributed by atoms with van der Waals surface area (Å²) in [6.07, 6.45) is 55.8. The second-order valence-electron chi connectivity index (χ2n) is 16.3. The third kappa shape index (κ3) is 34.8. The number of hydrogen-bond acceptors (Lipinski definition) is 3. The second-order valence-corrected chi connectivity index (χ2v) is 16.3. The minimum absolute atomic E-state index is 0.162. The van der Waals surface area contributed by atoms with Crippen molar-refractivity contribution in [3.63, 3.8) is 0 Å². The Morgan fingerprint density at radius 1 is 0.426 bits per heavy atom. The van der Waals surface area contributed by atoms with E-state index in [2.05, 4.69) is 105 Å². The fourth-order valence-corrected chi connectivity index (χ4v) is 7.16. The lowest BCUT2D eigenvalue weighted by atomic mass is 9.97. The Morgan fingerprint density at radius 3 is 1.28 bits per heavy atom. The van der Waals surface area contributed by atoms with Crippen LogP contribution < -0.4 is 0 Å². The Kier molecular flexibility index (Phi) is 41.2. The number of carbonyl (C=O) groups excluding carboxylic acids is 1. The number of amides is 1. The Bertz CT molecular complexity index is 890. The van der Waals surface area contributed by atoms with Gasteiger partial charge in [0, 0.05) is 25.6 Å². The van der Waals surface area contributed by atoms with E-state index in [1.54, 1.807) is 0 Å². The molecule has 0 N–H and O–H groups in total. The van der Waals surface area contributed by atoms with Crippen LogP contribution in [0.25, 0.3) is 0 Å². The molecule has 0 spiro atoms. The number of unbranched alkanes of at least 4 members (excludes halogenated alkanes) is 20. The van der Waals surface area contributed by atoms with Crippen LogP contribution in [-0.4, -0.2) is 61.1 Å². The zero-order valence-electron chi connectivity index (χ0n) is 37.5. The average molecular weight is 754 g/mol. The molecule has 0 aliphatic rings. The number of hydrogen-bond donors (Lipinski definition) is 0. The maximum absolute atomic E-state index is 14.2. The third-order valence-corrected chi connectivity index (χ3v) is 10.8. The first-order valence-corrected chi connectivity index (χ1v) is 23.8. The smallest absolute Gasteiger partial charge is 0.239 e. The summed E-state index contributed by atoms with van der Waals surface area (Å²) in [7, 11) is 4.32. The predicted octanol–water partition coefficient (Wildman–Crippen LogP) is 15.2. The third-order valence-electron chi connectivity index (χ3n) is 10.8. The zero-order chi connectivity index (χ0) is 39.6. The predicted molar refractivity (Wildman–Crippen MR) is 243 cm³/mol. The number of hydrazine groups is 1. The highest BCUT2D eigenvalue weighted by Gasteiger charge is 2.27. The van der Waals surface area contributed by atoms with Crippen LogP contribution in [0.15, 0.2) is 48.6 Å². The Morgan fingerprint density at radius 2 is 0.815 bits per heavy atom. The molecule has 54 heavy (non-hydrogen) atoms. The molecule has 0 aliphatic carbocycles. The summed E-state index contributed by atoms with van der Waals surface area (Å²) in [5.41, 5.74) is 0. The average Bonchev–Trinajstić information content (AvgIpc) is 3.17. The van der Waals surface area contributed by atoms with Crippen molar-refractivity contribution in [2.45, 2.75) is 220 Å². The molecule has 1 amide bonds. The first-order valence-electron chi connectivity index (χ1n) is 23.8. The minimum atomic E-state index is 0.162. The molecule has 0 aliphatic heterocycles. The van der Waals surface area contributed by atoms with E-state index in [0.29, 0.717) is 5.91 Å². The van der Waals surface area contributed by atoms with Gasteiger partial charge in [-0.3, -0.25) is 9.80 Å². The summed E-state index contributed by atoms with van der Waals surface area (Å²) in [5, 5.41) is 4.78. The molecule has 0 saturated heterocycles. The van der Waals surface area contributed by atoms with Crippen molar-refractivity contribution >= 4 is 5.91 Å². The van der Waals surface area contributed by atoms with Crippen LogP contribution in [-0.2, 0) is 4.79 Å². The molecule has 0 aromatic rings. The van der Waals surface area contributed by atoms with Crippen LogP contribution in [0.4, 0.5) is 0 Å². The van der Waals surface area contributed by atoms with Crippen molar-refractivity contribution in [3.8, 4) is 0 Å². The highest BCUT2D eigenvalue weighted by Crippen LogP contribution is 2.21. The summed E-state index contributed by atoms with van der Waals surface area (Å²) in [6.45, 7) is 13.0. The van der Waals surface area contributed by atoms with Crippen molar-refractivity contribution in [2.75, 3.05) is 40.3 Å². The van der Waals surface area contributed by atoms with Gasteiger partial charge >= 0.3 is 0 Å². The van der Waals surface area contributed by atoms with Gasteiger partial charge in [0.15, 0.2) is 0 Å². The van der Waals surface area contributed by atoms with E-state index in [1.807, 2.05) is 0 Å². The Hall–Kier alpha value is -1.65. The minimum Gasteiger partial charge on any atom is -0.309 e. The van der Waals surface area contributed by atoms with Crippen molar-refractivity contribution in [2.24, 2.45) is 5.92 Å². The fraction of sp³-hybridized carbons (Fsp3) is 0.820. The molecule has 0 aromatic heterocycles. The van der Waals surface area contributed by atoms with E-state index in [1.165, 1.54) is 154 Å². The first kappa shape index (κ1) is 52.3. The molecule has 1 atom stereocenters. The van der Waals surface area contributed by atoms with Crippen molar-refractivity contribution in [1.82, 2.24) is 14.9 Å². The highest BCUT2D eigenvalue weighted by molar-refractivity contribution is 5.78. The van der Waals surface area contributed by atoms with E-state index in [9.17, 15) is 4.79 Å². The molecule has 0 heterocycles.